The van der Waals surface area contributed by atoms with E-state index in [0.717, 1.165) is 12.0 Å². The number of halogens is 3. The molecule has 1 aromatic rings. The first kappa shape index (κ1) is 17.0. The summed E-state index contributed by atoms with van der Waals surface area (Å²) in [5.74, 6) is 0.0622. The molecule has 2 nitrogen and oxygen atoms in total. The minimum absolute atomic E-state index is 0.0349. The molecule has 0 spiro atoms. The number of benzene rings is 1. The molecule has 114 valence electrons. The van der Waals surface area contributed by atoms with Crippen LogP contribution in [0.25, 0.3) is 0 Å². The fraction of sp³-hybridized carbons (Fsp3) is 0.600. The Labute approximate surface area is 117 Å². The van der Waals surface area contributed by atoms with Crippen molar-refractivity contribution in [2.45, 2.75) is 32.4 Å². The third kappa shape index (κ3) is 7.50. The highest BCUT2D eigenvalue weighted by Gasteiger charge is 2.27. The number of aliphatic hydroxyl groups is 1. The Kier molecular flexibility index (Phi) is 7.02. The number of alkyl halides is 3. The van der Waals surface area contributed by atoms with Crippen molar-refractivity contribution in [2.24, 2.45) is 5.92 Å². The van der Waals surface area contributed by atoms with Crippen LogP contribution in [-0.2, 0) is 11.2 Å². The van der Waals surface area contributed by atoms with Crippen molar-refractivity contribution < 1.29 is 23.0 Å². The number of ether oxygens (including phenoxy) is 1. The maximum atomic E-state index is 11.9. The molecule has 5 heteroatoms. The topological polar surface area (TPSA) is 29.5 Å². The number of hydrogen-bond donors (Lipinski definition) is 1. The Morgan fingerprint density at radius 1 is 1.20 bits per heavy atom. The van der Waals surface area contributed by atoms with Crippen LogP contribution in [0.1, 0.15) is 24.0 Å². The summed E-state index contributed by atoms with van der Waals surface area (Å²) in [6.07, 6.45) is -2.36. The predicted octanol–water partition coefficient (Wildman–Crippen LogP) is 3.51. The quantitative estimate of drug-likeness (QED) is 0.742. The molecule has 1 atom stereocenters. The lowest BCUT2D eigenvalue weighted by Gasteiger charge is -2.14. The Morgan fingerprint density at radius 2 is 1.85 bits per heavy atom. The van der Waals surface area contributed by atoms with E-state index < -0.39 is 12.8 Å². The second-order valence-electron chi connectivity index (χ2n) is 5.05. The van der Waals surface area contributed by atoms with Crippen LogP contribution in [0.5, 0.6) is 0 Å². The van der Waals surface area contributed by atoms with Gasteiger partial charge in [0.15, 0.2) is 0 Å². The summed E-state index contributed by atoms with van der Waals surface area (Å²) in [5, 5.41) is 9.31. The molecule has 1 rings (SSSR count). The summed E-state index contributed by atoms with van der Waals surface area (Å²) >= 11 is 0. The molecule has 0 aliphatic rings. The van der Waals surface area contributed by atoms with E-state index in [1.807, 2.05) is 31.2 Å². The molecule has 0 aliphatic heterocycles. The van der Waals surface area contributed by atoms with Crippen molar-refractivity contribution in [3.63, 3.8) is 0 Å². The minimum Gasteiger partial charge on any atom is -0.396 e. The van der Waals surface area contributed by atoms with Gasteiger partial charge in [0.1, 0.15) is 6.61 Å². The molecule has 0 aliphatic carbocycles. The Morgan fingerprint density at radius 3 is 2.40 bits per heavy atom. The van der Waals surface area contributed by atoms with Crippen LogP contribution in [0.3, 0.4) is 0 Å². The van der Waals surface area contributed by atoms with E-state index in [4.69, 9.17) is 0 Å². The number of aliphatic hydroxyl groups excluding tert-OH is 1. The van der Waals surface area contributed by atoms with Gasteiger partial charge in [-0.3, -0.25) is 0 Å². The average Bonchev–Trinajstić information content (AvgIpc) is 2.38. The zero-order valence-electron chi connectivity index (χ0n) is 11.6. The molecule has 0 radical (unpaired) electrons. The van der Waals surface area contributed by atoms with E-state index in [1.165, 1.54) is 5.56 Å². The molecule has 0 fully saturated rings. The first-order valence-corrected chi connectivity index (χ1v) is 6.71. The zero-order chi connectivity index (χ0) is 15.0. The number of hydrogen-bond acceptors (Lipinski definition) is 2. The summed E-state index contributed by atoms with van der Waals surface area (Å²) in [5.41, 5.74) is 2.31. The lowest BCUT2D eigenvalue weighted by Crippen LogP contribution is -2.18. The standard InChI is InChI=1S/C15H21F3O2/c1-12-4-6-13(7-5-12)9-14(10-19)3-2-8-20-11-15(16,17)18/h4-7,14,19H,2-3,8-11H2,1H3. The largest absolute Gasteiger partial charge is 0.411 e. The molecule has 0 aromatic heterocycles. The summed E-state index contributed by atoms with van der Waals surface area (Å²) in [4.78, 5) is 0. The van der Waals surface area contributed by atoms with Crippen molar-refractivity contribution in [1.82, 2.24) is 0 Å². The van der Waals surface area contributed by atoms with E-state index >= 15 is 0 Å². The highest BCUT2D eigenvalue weighted by atomic mass is 19.4. The highest BCUT2D eigenvalue weighted by Crippen LogP contribution is 2.17. The van der Waals surface area contributed by atoms with Crippen molar-refractivity contribution in [3.8, 4) is 0 Å². The molecule has 20 heavy (non-hydrogen) atoms. The van der Waals surface area contributed by atoms with Crippen molar-refractivity contribution >= 4 is 0 Å². The van der Waals surface area contributed by atoms with E-state index in [1.54, 1.807) is 0 Å². The van der Waals surface area contributed by atoms with E-state index in [2.05, 4.69) is 4.74 Å². The van der Waals surface area contributed by atoms with Gasteiger partial charge in [0.2, 0.25) is 0 Å². The van der Waals surface area contributed by atoms with Gasteiger partial charge in [-0.1, -0.05) is 29.8 Å². The van der Waals surface area contributed by atoms with Gasteiger partial charge in [-0.25, -0.2) is 0 Å². The van der Waals surface area contributed by atoms with Gasteiger partial charge in [-0.2, -0.15) is 13.2 Å². The maximum absolute atomic E-state index is 11.9. The van der Waals surface area contributed by atoms with Crippen LogP contribution in [0.4, 0.5) is 13.2 Å². The lowest BCUT2D eigenvalue weighted by molar-refractivity contribution is -0.174. The third-order valence-electron chi connectivity index (χ3n) is 3.07. The van der Waals surface area contributed by atoms with Crippen LogP contribution in [0.2, 0.25) is 0 Å². The molecule has 1 N–H and O–H groups in total. The summed E-state index contributed by atoms with van der Waals surface area (Å²) in [6.45, 7) is 0.914. The van der Waals surface area contributed by atoms with Crippen LogP contribution in [0.15, 0.2) is 24.3 Å². The van der Waals surface area contributed by atoms with E-state index in [-0.39, 0.29) is 19.1 Å². The zero-order valence-corrected chi connectivity index (χ0v) is 11.6. The van der Waals surface area contributed by atoms with Crippen LogP contribution in [-0.4, -0.2) is 31.1 Å². The first-order chi connectivity index (χ1) is 9.40. The van der Waals surface area contributed by atoms with Crippen molar-refractivity contribution in [2.75, 3.05) is 19.8 Å². The Hall–Kier alpha value is -1.07. The fourth-order valence-electron chi connectivity index (χ4n) is 1.98. The van der Waals surface area contributed by atoms with E-state index in [0.29, 0.717) is 12.8 Å². The molecular formula is C15H21F3O2. The third-order valence-corrected chi connectivity index (χ3v) is 3.07. The van der Waals surface area contributed by atoms with Gasteiger partial charge in [-0.05, 0) is 37.7 Å². The average molecular weight is 290 g/mol. The molecule has 1 unspecified atom stereocenters. The molecule has 0 saturated heterocycles. The Bertz CT molecular complexity index is 374. The predicted molar refractivity (Wildman–Crippen MR) is 71.6 cm³/mol. The van der Waals surface area contributed by atoms with E-state index in [9.17, 15) is 18.3 Å². The monoisotopic (exact) mass is 290 g/mol. The van der Waals surface area contributed by atoms with Gasteiger partial charge >= 0.3 is 6.18 Å². The number of aryl methyl sites for hydroxylation is 1. The second-order valence-corrected chi connectivity index (χ2v) is 5.05. The van der Waals surface area contributed by atoms with Crippen LogP contribution in [0, 0.1) is 12.8 Å². The lowest BCUT2D eigenvalue weighted by atomic mass is 9.95. The van der Waals surface area contributed by atoms with Crippen molar-refractivity contribution in [3.05, 3.63) is 35.4 Å². The molecule has 0 bridgehead atoms. The molecule has 1 aromatic carbocycles. The van der Waals surface area contributed by atoms with Gasteiger partial charge < -0.3 is 9.84 Å². The van der Waals surface area contributed by atoms with Gasteiger partial charge in [0, 0.05) is 13.2 Å². The first-order valence-electron chi connectivity index (χ1n) is 6.71. The maximum Gasteiger partial charge on any atom is 0.411 e. The fourth-order valence-corrected chi connectivity index (χ4v) is 1.98. The van der Waals surface area contributed by atoms with Crippen LogP contribution < -0.4 is 0 Å². The van der Waals surface area contributed by atoms with Crippen molar-refractivity contribution in [1.29, 1.82) is 0 Å². The smallest absolute Gasteiger partial charge is 0.396 e. The molecule has 0 amide bonds. The number of rotatable bonds is 8. The summed E-state index contributed by atoms with van der Waals surface area (Å²) in [6, 6.07) is 8.04. The Balaban J connectivity index is 2.24. The summed E-state index contributed by atoms with van der Waals surface area (Å²) in [7, 11) is 0. The minimum atomic E-state index is -4.27. The molecular weight excluding hydrogens is 269 g/mol. The second kappa shape index (κ2) is 8.27. The van der Waals surface area contributed by atoms with Gasteiger partial charge in [0.05, 0.1) is 0 Å². The molecule has 0 heterocycles. The SMILES string of the molecule is Cc1ccc(CC(CO)CCCOCC(F)(F)F)cc1. The van der Waals surface area contributed by atoms with Gasteiger partial charge in [-0.15, -0.1) is 0 Å². The van der Waals surface area contributed by atoms with Gasteiger partial charge in [0.25, 0.3) is 0 Å². The normalized spacial score (nSPS) is 13.4. The highest BCUT2D eigenvalue weighted by molar-refractivity contribution is 5.21. The molecule has 0 saturated carbocycles. The van der Waals surface area contributed by atoms with Crippen LogP contribution >= 0.6 is 0 Å². The summed E-state index contributed by atoms with van der Waals surface area (Å²) < 4.78 is 40.1.